The molecule has 0 spiro atoms. The van der Waals surface area contributed by atoms with Gasteiger partial charge in [-0.05, 0) is 43.2 Å². The Bertz CT molecular complexity index is 576. The van der Waals surface area contributed by atoms with Gasteiger partial charge in [0.2, 0.25) is 11.7 Å². The van der Waals surface area contributed by atoms with Gasteiger partial charge < -0.3 is 5.32 Å². The van der Waals surface area contributed by atoms with Gasteiger partial charge in [0.1, 0.15) is 0 Å². The van der Waals surface area contributed by atoms with Crippen molar-refractivity contribution in [2.24, 2.45) is 17.8 Å². The Hall–Kier alpha value is -1.98. The summed E-state index contributed by atoms with van der Waals surface area (Å²) in [5.41, 5.74) is -0.332. The van der Waals surface area contributed by atoms with E-state index in [4.69, 9.17) is 0 Å². The summed E-state index contributed by atoms with van der Waals surface area (Å²) < 4.78 is 13.2. The van der Waals surface area contributed by atoms with E-state index >= 15 is 0 Å². The molecule has 5 nitrogen and oxygen atoms in total. The number of halogens is 1. The molecule has 2 bridgehead atoms. The molecule has 0 aliphatic heterocycles. The lowest BCUT2D eigenvalue weighted by Crippen LogP contribution is -2.27. The Kier molecular flexibility index (Phi) is 3.16. The largest absolute Gasteiger partial charge is 0.326 e. The number of carbonyl (C=O) groups excluding carboxylic acids is 1. The Morgan fingerprint density at radius 3 is 2.75 bits per heavy atom. The molecule has 0 heterocycles. The van der Waals surface area contributed by atoms with Gasteiger partial charge in [-0.2, -0.15) is 4.39 Å². The SMILES string of the molecule is O=C(Nc1ccc(F)c([N+](=O)[O-])c1)[C@@H]1C[C@H]2CC[C@@H]1C2. The van der Waals surface area contributed by atoms with Crippen LogP contribution in [0.25, 0.3) is 0 Å². The quantitative estimate of drug-likeness (QED) is 0.682. The van der Waals surface area contributed by atoms with E-state index in [1.165, 1.54) is 12.5 Å². The van der Waals surface area contributed by atoms with Gasteiger partial charge in [-0.1, -0.05) is 6.42 Å². The summed E-state index contributed by atoms with van der Waals surface area (Å²) in [6, 6.07) is 3.43. The maximum Gasteiger partial charge on any atom is 0.306 e. The van der Waals surface area contributed by atoms with E-state index in [0.29, 0.717) is 11.8 Å². The second-order valence-corrected chi connectivity index (χ2v) is 5.69. The highest BCUT2D eigenvalue weighted by Crippen LogP contribution is 2.48. The summed E-state index contributed by atoms with van der Waals surface area (Å²) in [5, 5.41) is 13.4. The molecule has 3 atom stereocenters. The zero-order chi connectivity index (χ0) is 14.3. The first kappa shape index (κ1) is 13.0. The van der Waals surface area contributed by atoms with E-state index in [1.54, 1.807) is 0 Å². The minimum Gasteiger partial charge on any atom is -0.326 e. The fraction of sp³-hybridized carbons (Fsp3) is 0.500. The van der Waals surface area contributed by atoms with E-state index in [0.717, 1.165) is 31.4 Å². The molecule has 106 valence electrons. The minimum atomic E-state index is -0.895. The van der Waals surface area contributed by atoms with Crippen molar-refractivity contribution in [1.29, 1.82) is 0 Å². The fourth-order valence-electron chi connectivity index (χ4n) is 3.53. The van der Waals surface area contributed by atoms with Crippen LogP contribution in [0.4, 0.5) is 15.8 Å². The third kappa shape index (κ3) is 2.26. The monoisotopic (exact) mass is 278 g/mol. The molecule has 1 N–H and O–H groups in total. The average molecular weight is 278 g/mol. The molecule has 2 aliphatic rings. The van der Waals surface area contributed by atoms with Crippen LogP contribution in [0.1, 0.15) is 25.7 Å². The number of carbonyl (C=O) groups is 1. The van der Waals surface area contributed by atoms with Crippen molar-refractivity contribution in [3.05, 3.63) is 34.1 Å². The van der Waals surface area contributed by atoms with E-state index in [-0.39, 0.29) is 17.5 Å². The molecular weight excluding hydrogens is 263 g/mol. The summed E-state index contributed by atoms with van der Waals surface area (Å²) in [6.07, 6.45) is 4.31. The molecule has 3 rings (SSSR count). The Balaban J connectivity index is 1.73. The van der Waals surface area contributed by atoms with Crippen molar-refractivity contribution in [3.8, 4) is 0 Å². The first-order valence-corrected chi connectivity index (χ1v) is 6.79. The van der Waals surface area contributed by atoms with Crippen LogP contribution in [0, 0.1) is 33.7 Å². The van der Waals surface area contributed by atoms with Crippen molar-refractivity contribution in [3.63, 3.8) is 0 Å². The average Bonchev–Trinajstić information content (AvgIpc) is 3.03. The summed E-state index contributed by atoms with van der Waals surface area (Å²) in [5.74, 6) is 0.0950. The number of anilines is 1. The summed E-state index contributed by atoms with van der Waals surface area (Å²) in [6.45, 7) is 0. The number of nitro benzene ring substituents is 1. The van der Waals surface area contributed by atoms with Crippen molar-refractivity contribution < 1.29 is 14.1 Å². The second kappa shape index (κ2) is 4.85. The highest BCUT2D eigenvalue weighted by molar-refractivity contribution is 5.93. The number of hydrogen-bond donors (Lipinski definition) is 1. The van der Waals surface area contributed by atoms with E-state index in [2.05, 4.69) is 5.32 Å². The molecule has 0 radical (unpaired) electrons. The second-order valence-electron chi connectivity index (χ2n) is 5.69. The zero-order valence-corrected chi connectivity index (χ0v) is 10.8. The van der Waals surface area contributed by atoms with Crippen molar-refractivity contribution in [2.45, 2.75) is 25.7 Å². The highest BCUT2D eigenvalue weighted by atomic mass is 19.1. The number of rotatable bonds is 3. The Morgan fingerprint density at radius 1 is 1.35 bits per heavy atom. The van der Waals surface area contributed by atoms with E-state index in [9.17, 15) is 19.3 Å². The molecule has 20 heavy (non-hydrogen) atoms. The lowest BCUT2D eigenvalue weighted by molar-refractivity contribution is -0.387. The van der Waals surface area contributed by atoms with Gasteiger partial charge in [0.25, 0.3) is 0 Å². The number of fused-ring (bicyclic) bond motifs is 2. The van der Waals surface area contributed by atoms with Crippen LogP contribution in [0.15, 0.2) is 18.2 Å². The van der Waals surface area contributed by atoms with Gasteiger partial charge in [-0.3, -0.25) is 14.9 Å². The minimum absolute atomic E-state index is 0.00198. The lowest BCUT2D eigenvalue weighted by atomic mass is 9.88. The lowest BCUT2D eigenvalue weighted by Gasteiger charge is -2.20. The molecule has 0 aromatic heterocycles. The molecule has 2 saturated carbocycles. The fourth-order valence-corrected chi connectivity index (χ4v) is 3.53. The molecule has 2 aliphatic carbocycles. The van der Waals surface area contributed by atoms with Gasteiger partial charge in [0, 0.05) is 17.7 Å². The van der Waals surface area contributed by atoms with Gasteiger partial charge in [-0.25, -0.2) is 0 Å². The zero-order valence-electron chi connectivity index (χ0n) is 10.8. The summed E-state index contributed by atoms with van der Waals surface area (Å²) >= 11 is 0. The van der Waals surface area contributed by atoms with Crippen LogP contribution in [-0.2, 0) is 4.79 Å². The number of nitrogens with zero attached hydrogens (tertiary/aromatic N) is 1. The molecular formula is C14H15FN2O3. The van der Waals surface area contributed by atoms with Crippen LogP contribution in [0.5, 0.6) is 0 Å². The van der Waals surface area contributed by atoms with E-state index < -0.39 is 16.4 Å². The molecule has 1 amide bonds. The third-order valence-corrected chi connectivity index (χ3v) is 4.49. The van der Waals surface area contributed by atoms with Crippen molar-refractivity contribution >= 4 is 17.3 Å². The Morgan fingerprint density at radius 2 is 2.15 bits per heavy atom. The number of benzene rings is 1. The van der Waals surface area contributed by atoms with Crippen molar-refractivity contribution in [2.75, 3.05) is 5.32 Å². The van der Waals surface area contributed by atoms with Gasteiger partial charge >= 0.3 is 5.69 Å². The molecule has 6 heteroatoms. The molecule has 1 aromatic carbocycles. The molecule has 2 fully saturated rings. The van der Waals surface area contributed by atoms with Crippen LogP contribution in [0.2, 0.25) is 0 Å². The maximum atomic E-state index is 13.2. The number of hydrogen-bond acceptors (Lipinski definition) is 3. The first-order chi connectivity index (χ1) is 9.54. The maximum absolute atomic E-state index is 13.2. The predicted octanol–water partition coefficient (Wildman–Crippen LogP) is 3.11. The number of amides is 1. The third-order valence-electron chi connectivity index (χ3n) is 4.49. The van der Waals surface area contributed by atoms with Gasteiger partial charge in [0.15, 0.2) is 0 Å². The first-order valence-electron chi connectivity index (χ1n) is 6.79. The summed E-state index contributed by atoms with van der Waals surface area (Å²) in [7, 11) is 0. The smallest absolute Gasteiger partial charge is 0.306 e. The number of nitrogens with one attached hydrogen (secondary N) is 1. The van der Waals surface area contributed by atoms with E-state index in [1.807, 2.05) is 0 Å². The molecule has 0 saturated heterocycles. The summed E-state index contributed by atoms with van der Waals surface area (Å²) in [4.78, 5) is 22.1. The number of nitro groups is 1. The topological polar surface area (TPSA) is 72.2 Å². The van der Waals surface area contributed by atoms with Gasteiger partial charge in [0.05, 0.1) is 4.92 Å². The van der Waals surface area contributed by atoms with Crippen LogP contribution < -0.4 is 5.32 Å². The predicted molar refractivity (Wildman–Crippen MR) is 70.6 cm³/mol. The Labute approximate surface area is 115 Å². The normalized spacial score (nSPS) is 27.6. The molecule has 1 aromatic rings. The van der Waals surface area contributed by atoms with Crippen LogP contribution in [-0.4, -0.2) is 10.8 Å². The standard InChI is InChI=1S/C14H15FN2O3/c15-12-4-3-10(7-13(12)17(19)20)16-14(18)11-6-8-1-2-9(11)5-8/h3-4,7-9,11H,1-2,5-6H2,(H,16,18)/t8-,9+,11+/m0/s1. The van der Waals surface area contributed by atoms with Gasteiger partial charge in [-0.15, -0.1) is 0 Å². The van der Waals surface area contributed by atoms with Crippen molar-refractivity contribution in [1.82, 2.24) is 0 Å². The molecule has 0 unspecified atom stereocenters. The highest BCUT2D eigenvalue weighted by Gasteiger charge is 2.43. The van der Waals surface area contributed by atoms with Crippen LogP contribution >= 0.6 is 0 Å². The van der Waals surface area contributed by atoms with Crippen LogP contribution in [0.3, 0.4) is 0 Å².